The van der Waals surface area contributed by atoms with Crippen LogP contribution in [-0.2, 0) is 22.4 Å². The smallest absolute Gasteiger partial charge is 0.366 e. The molecule has 11 heteroatoms. The molecule has 3 rings (SSSR count). The highest BCUT2D eigenvalue weighted by molar-refractivity contribution is 7.89. The second kappa shape index (κ2) is 8.01. The molecule has 4 nitrogen and oxygen atoms in total. The topological polar surface area (TPSA) is 40.6 Å². The highest BCUT2D eigenvalue weighted by Gasteiger charge is 2.40. The summed E-state index contributed by atoms with van der Waals surface area (Å²) in [5.41, 5.74) is -1.42. The maximum atomic E-state index is 13.1. The van der Waals surface area contributed by atoms with E-state index in [2.05, 4.69) is 0 Å². The number of benzene rings is 2. The van der Waals surface area contributed by atoms with Gasteiger partial charge in [0.2, 0.25) is 10.0 Å². The molecule has 0 saturated carbocycles. The number of halogens is 6. The standard InChI is InChI=1S/C20H20F6N2O2S/c1-13-3-5-17(6-4-13)28-8-7-27(12-14(28)2)31(29,30)18-10-15(19(21,22)23)9-16(11-18)20(24,25)26/h3-6,9-11,14H,7-8,12H2,1-2H3. The molecule has 1 saturated heterocycles. The van der Waals surface area contributed by atoms with Gasteiger partial charge in [-0.05, 0) is 44.2 Å². The minimum atomic E-state index is -5.12. The van der Waals surface area contributed by atoms with E-state index in [0.29, 0.717) is 0 Å². The summed E-state index contributed by atoms with van der Waals surface area (Å²) in [7, 11) is -4.57. The Balaban J connectivity index is 1.92. The van der Waals surface area contributed by atoms with Crippen LogP contribution in [0.3, 0.4) is 0 Å². The first-order valence-corrected chi connectivity index (χ1v) is 10.8. The lowest BCUT2D eigenvalue weighted by Gasteiger charge is -2.40. The van der Waals surface area contributed by atoms with Crippen molar-refractivity contribution in [1.29, 1.82) is 0 Å². The molecule has 2 aromatic carbocycles. The number of rotatable bonds is 3. The first-order valence-electron chi connectivity index (χ1n) is 9.32. The highest BCUT2D eigenvalue weighted by Crippen LogP contribution is 2.38. The van der Waals surface area contributed by atoms with Crippen molar-refractivity contribution in [2.24, 2.45) is 0 Å². The van der Waals surface area contributed by atoms with E-state index in [0.717, 1.165) is 15.6 Å². The molecule has 2 aromatic rings. The SMILES string of the molecule is Cc1ccc(N2CCN(S(=O)(=O)c3cc(C(F)(F)F)cc(C(F)(F)F)c3)CC2C)cc1. The molecule has 170 valence electrons. The van der Waals surface area contributed by atoms with E-state index in [1.807, 2.05) is 36.1 Å². The normalized spacial score (nSPS) is 19.0. The number of piperazine rings is 1. The number of nitrogens with zero attached hydrogens (tertiary/aromatic N) is 2. The molecule has 1 aliphatic heterocycles. The maximum Gasteiger partial charge on any atom is 0.416 e. The molecule has 0 aliphatic carbocycles. The summed E-state index contributed by atoms with van der Waals surface area (Å²) in [6.07, 6.45) is -10.2. The molecule has 1 heterocycles. The van der Waals surface area contributed by atoms with Crippen molar-refractivity contribution in [3.63, 3.8) is 0 Å². The average Bonchev–Trinajstić information content (AvgIpc) is 2.67. The van der Waals surface area contributed by atoms with Gasteiger partial charge in [0.1, 0.15) is 0 Å². The van der Waals surface area contributed by atoms with Crippen molar-refractivity contribution >= 4 is 15.7 Å². The predicted molar refractivity (Wildman–Crippen MR) is 103 cm³/mol. The third-order valence-corrected chi connectivity index (χ3v) is 7.00. The minimum absolute atomic E-state index is 0.0713. The Kier molecular flexibility index (Phi) is 6.05. The lowest BCUT2D eigenvalue weighted by Crippen LogP contribution is -2.53. The Morgan fingerprint density at radius 2 is 1.39 bits per heavy atom. The minimum Gasteiger partial charge on any atom is -0.366 e. The maximum absolute atomic E-state index is 13.1. The largest absolute Gasteiger partial charge is 0.416 e. The van der Waals surface area contributed by atoms with Crippen LogP contribution < -0.4 is 4.90 Å². The molecule has 0 bridgehead atoms. The summed E-state index contributed by atoms with van der Waals surface area (Å²) in [5.74, 6) is 0. The van der Waals surface area contributed by atoms with Gasteiger partial charge in [0.05, 0.1) is 16.0 Å². The number of alkyl halides is 6. The number of sulfonamides is 1. The Hall–Kier alpha value is -2.27. The van der Waals surface area contributed by atoms with Crippen LogP contribution in [0.4, 0.5) is 32.0 Å². The highest BCUT2D eigenvalue weighted by atomic mass is 32.2. The Morgan fingerprint density at radius 1 is 0.871 bits per heavy atom. The molecule has 0 amide bonds. The second-order valence-electron chi connectivity index (χ2n) is 7.48. The van der Waals surface area contributed by atoms with Crippen LogP contribution in [0, 0.1) is 6.92 Å². The summed E-state index contributed by atoms with van der Waals surface area (Å²) >= 11 is 0. The molecule has 0 N–H and O–H groups in total. The van der Waals surface area contributed by atoms with E-state index in [1.54, 1.807) is 6.92 Å². The van der Waals surface area contributed by atoms with Crippen molar-refractivity contribution in [3.8, 4) is 0 Å². The second-order valence-corrected chi connectivity index (χ2v) is 9.42. The van der Waals surface area contributed by atoms with Crippen LogP contribution >= 0.6 is 0 Å². The van der Waals surface area contributed by atoms with Crippen molar-refractivity contribution in [3.05, 3.63) is 59.2 Å². The van der Waals surface area contributed by atoms with Crippen molar-refractivity contribution < 1.29 is 34.8 Å². The van der Waals surface area contributed by atoms with E-state index < -0.39 is 38.4 Å². The van der Waals surface area contributed by atoms with Gasteiger partial charge in [-0.1, -0.05) is 17.7 Å². The molecule has 1 fully saturated rings. The first-order chi connectivity index (χ1) is 14.2. The average molecular weight is 466 g/mol. The summed E-state index contributed by atoms with van der Waals surface area (Å²) < 4.78 is 106. The lowest BCUT2D eigenvalue weighted by atomic mass is 10.1. The molecule has 0 aromatic heterocycles. The van der Waals surface area contributed by atoms with Gasteiger partial charge in [-0.15, -0.1) is 0 Å². The Labute approximate surface area is 176 Å². The lowest BCUT2D eigenvalue weighted by molar-refractivity contribution is -0.143. The van der Waals surface area contributed by atoms with Crippen LogP contribution in [-0.4, -0.2) is 38.4 Å². The van der Waals surface area contributed by atoms with Gasteiger partial charge in [0.25, 0.3) is 0 Å². The molecule has 1 atom stereocenters. The van der Waals surface area contributed by atoms with Crippen molar-refractivity contribution in [2.45, 2.75) is 37.1 Å². The van der Waals surface area contributed by atoms with Gasteiger partial charge in [0.15, 0.2) is 0 Å². The number of hydrogen-bond donors (Lipinski definition) is 0. The van der Waals surface area contributed by atoms with Crippen LogP contribution in [0.1, 0.15) is 23.6 Å². The molecular weight excluding hydrogens is 446 g/mol. The fraction of sp³-hybridized carbons (Fsp3) is 0.400. The number of anilines is 1. The quantitative estimate of drug-likeness (QED) is 0.603. The van der Waals surface area contributed by atoms with Gasteiger partial charge in [-0.3, -0.25) is 0 Å². The molecule has 0 spiro atoms. The van der Waals surface area contributed by atoms with Crippen LogP contribution in [0.2, 0.25) is 0 Å². The van der Waals surface area contributed by atoms with Crippen molar-refractivity contribution in [2.75, 3.05) is 24.5 Å². The molecule has 1 aliphatic rings. The van der Waals surface area contributed by atoms with Crippen LogP contribution in [0.25, 0.3) is 0 Å². The first kappa shape index (κ1) is 23.4. The molecular formula is C20H20F6N2O2S. The Morgan fingerprint density at radius 3 is 1.84 bits per heavy atom. The van der Waals surface area contributed by atoms with Gasteiger partial charge < -0.3 is 4.90 Å². The van der Waals surface area contributed by atoms with E-state index in [4.69, 9.17) is 0 Å². The summed E-state index contributed by atoms with van der Waals surface area (Å²) in [4.78, 5) is 0.921. The summed E-state index contributed by atoms with van der Waals surface area (Å²) in [6, 6.07) is 7.62. The fourth-order valence-electron chi connectivity index (χ4n) is 3.49. The van der Waals surface area contributed by atoms with Gasteiger partial charge >= 0.3 is 12.4 Å². The van der Waals surface area contributed by atoms with E-state index in [9.17, 15) is 34.8 Å². The third-order valence-electron chi connectivity index (χ3n) is 5.15. The molecule has 0 radical (unpaired) electrons. The fourth-order valence-corrected chi connectivity index (χ4v) is 5.07. The van der Waals surface area contributed by atoms with Crippen molar-refractivity contribution in [1.82, 2.24) is 4.31 Å². The molecule has 1 unspecified atom stereocenters. The third kappa shape index (κ3) is 4.98. The predicted octanol–water partition coefficient (Wildman–Crippen LogP) is 4.93. The number of aryl methyl sites for hydroxylation is 1. The molecule has 31 heavy (non-hydrogen) atoms. The number of hydrogen-bond acceptors (Lipinski definition) is 3. The summed E-state index contributed by atoms with van der Waals surface area (Å²) in [6.45, 7) is 3.76. The van der Waals surface area contributed by atoms with E-state index >= 15 is 0 Å². The van der Waals surface area contributed by atoms with E-state index in [-0.39, 0.29) is 43.9 Å². The summed E-state index contributed by atoms with van der Waals surface area (Å²) in [5, 5.41) is 0. The zero-order chi connectivity index (χ0) is 23.2. The zero-order valence-corrected chi connectivity index (χ0v) is 17.4. The van der Waals surface area contributed by atoms with E-state index in [1.165, 1.54) is 0 Å². The Bertz CT molecular complexity index is 1020. The zero-order valence-electron chi connectivity index (χ0n) is 16.6. The monoisotopic (exact) mass is 466 g/mol. The van der Waals surface area contributed by atoms with Crippen LogP contribution in [0.5, 0.6) is 0 Å². The van der Waals surface area contributed by atoms with Gasteiger partial charge in [0, 0.05) is 31.4 Å². The van der Waals surface area contributed by atoms with Gasteiger partial charge in [-0.25, -0.2) is 8.42 Å². The van der Waals surface area contributed by atoms with Crippen LogP contribution in [0.15, 0.2) is 47.4 Å². The van der Waals surface area contributed by atoms with Gasteiger partial charge in [-0.2, -0.15) is 30.6 Å².